The van der Waals surface area contributed by atoms with Crippen LogP contribution in [0.3, 0.4) is 0 Å². The van der Waals surface area contributed by atoms with Crippen LogP contribution in [0.15, 0.2) is 24.4 Å². The normalized spacial score (nSPS) is 10.4. The van der Waals surface area contributed by atoms with Gasteiger partial charge < -0.3 is 0 Å². The number of aldehydes is 1. The van der Waals surface area contributed by atoms with Gasteiger partial charge in [-0.05, 0) is 19.1 Å². The van der Waals surface area contributed by atoms with Crippen molar-refractivity contribution in [1.29, 1.82) is 0 Å². The molecule has 0 N–H and O–H groups in total. The van der Waals surface area contributed by atoms with E-state index in [4.69, 9.17) is 0 Å². The molecule has 72 valence electrons. The number of nitrogens with zero attached hydrogens (tertiary/aromatic N) is 3. The third-order valence-electron chi connectivity index (χ3n) is 2.25. The molecule has 0 amide bonds. The second kappa shape index (κ2) is 3.14. The fourth-order valence-electron chi connectivity index (χ4n) is 1.36. The van der Waals surface area contributed by atoms with Crippen LogP contribution in [0, 0.1) is 6.92 Å². The highest BCUT2D eigenvalue weighted by Crippen LogP contribution is 2.10. The number of carbonyl (C=O) groups excluding carboxylic acids is 1. The van der Waals surface area contributed by atoms with Crippen LogP contribution in [-0.2, 0) is 7.05 Å². The fraction of sp³-hybridized carbons (Fsp3) is 0.200. The maximum absolute atomic E-state index is 10.7. The Morgan fingerprint density at radius 1 is 1.50 bits per heavy atom. The Balaban J connectivity index is 2.54. The summed E-state index contributed by atoms with van der Waals surface area (Å²) >= 11 is 0. The van der Waals surface area contributed by atoms with Crippen LogP contribution in [0.25, 0.3) is 5.82 Å². The molecule has 0 aromatic carbocycles. The van der Waals surface area contributed by atoms with E-state index in [9.17, 15) is 4.79 Å². The van der Waals surface area contributed by atoms with Crippen LogP contribution in [0.1, 0.15) is 16.2 Å². The highest BCUT2D eigenvalue weighted by molar-refractivity contribution is 5.73. The average molecular weight is 189 g/mol. The minimum Gasteiger partial charge on any atom is -0.297 e. The summed E-state index contributed by atoms with van der Waals surface area (Å²) in [4.78, 5) is 10.7. The van der Waals surface area contributed by atoms with E-state index in [1.807, 2.05) is 32.3 Å². The quantitative estimate of drug-likeness (QED) is 0.668. The number of aryl methyl sites for hydroxylation is 2. The molecule has 2 heterocycles. The minimum atomic E-state index is 0.614. The van der Waals surface area contributed by atoms with Crippen molar-refractivity contribution in [2.75, 3.05) is 0 Å². The Kier molecular flexibility index (Phi) is 1.96. The van der Waals surface area contributed by atoms with E-state index < -0.39 is 0 Å². The van der Waals surface area contributed by atoms with Crippen molar-refractivity contribution in [2.24, 2.45) is 7.05 Å². The summed E-state index contributed by atoms with van der Waals surface area (Å²) in [5.74, 6) is 0.775. The van der Waals surface area contributed by atoms with Gasteiger partial charge in [0.2, 0.25) is 0 Å². The van der Waals surface area contributed by atoms with Gasteiger partial charge in [0.05, 0.1) is 5.69 Å². The van der Waals surface area contributed by atoms with Crippen molar-refractivity contribution >= 4 is 6.29 Å². The van der Waals surface area contributed by atoms with Crippen molar-refractivity contribution < 1.29 is 4.79 Å². The third-order valence-corrected chi connectivity index (χ3v) is 2.25. The molecular formula is C10H11N3O. The van der Waals surface area contributed by atoms with Gasteiger partial charge in [-0.15, -0.1) is 0 Å². The van der Waals surface area contributed by atoms with Crippen molar-refractivity contribution in [2.45, 2.75) is 6.92 Å². The van der Waals surface area contributed by atoms with Gasteiger partial charge in [0, 0.05) is 25.0 Å². The molecule has 2 rings (SSSR count). The predicted molar refractivity (Wildman–Crippen MR) is 52.7 cm³/mol. The van der Waals surface area contributed by atoms with Gasteiger partial charge in [0.25, 0.3) is 0 Å². The molecule has 4 heteroatoms. The predicted octanol–water partition coefficient (Wildman–Crippen LogP) is 1.33. The molecule has 0 spiro atoms. The van der Waals surface area contributed by atoms with Crippen LogP contribution in [0.5, 0.6) is 0 Å². The van der Waals surface area contributed by atoms with Crippen LogP contribution < -0.4 is 0 Å². The maximum atomic E-state index is 10.7. The molecule has 0 radical (unpaired) electrons. The highest BCUT2D eigenvalue weighted by Gasteiger charge is 2.06. The first-order chi connectivity index (χ1) is 6.72. The Hall–Kier alpha value is -1.84. The summed E-state index contributed by atoms with van der Waals surface area (Å²) in [6.45, 7) is 1.97. The van der Waals surface area contributed by atoms with E-state index in [0.29, 0.717) is 5.69 Å². The number of aromatic nitrogens is 3. The van der Waals surface area contributed by atoms with E-state index in [1.54, 1.807) is 15.3 Å². The van der Waals surface area contributed by atoms with E-state index in [1.165, 1.54) is 0 Å². The van der Waals surface area contributed by atoms with Crippen LogP contribution in [0.4, 0.5) is 0 Å². The van der Waals surface area contributed by atoms with Crippen LogP contribution >= 0.6 is 0 Å². The van der Waals surface area contributed by atoms with E-state index >= 15 is 0 Å². The number of rotatable bonds is 2. The minimum absolute atomic E-state index is 0.614. The van der Waals surface area contributed by atoms with Gasteiger partial charge in [-0.3, -0.25) is 14.0 Å². The molecule has 0 fully saturated rings. The molecule has 2 aromatic heterocycles. The largest absolute Gasteiger partial charge is 0.297 e. The van der Waals surface area contributed by atoms with Gasteiger partial charge >= 0.3 is 0 Å². The molecule has 2 aromatic rings. The smallest absolute Gasteiger partial charge is 0.166 e. The lowest BCUT2D eigenvalue weighted by atomic mass is 10.4. The highest BCUT2D eigenvalue weighted by atomic mass is 16.1. The first kappa shape index (κ1) is 8.74. The van der Waals surface area contributed by atoms with Gasteiger partial charge in [0.1, 0.15) is 0 Å². The lowest BCUT2D eigenvalue weighted by Gasteiger charge is -1.98. The zero-order valence-corrected chi connectivity index (χ0v) is 8.14. The molecular weight excluding hydrogens is 178 g/mol. The molecule has 0 saturated heterocycles. The second-order valence-electron chi connectivity index (χ2n) is 3.19. The Morgan fingerprint density at radius 2 is 2.29 bits per heavy atom. The summed E-state index contributed by atoms with van der Waals surface area (Å²) in [5, 5.41) is 4.28. The summed E-state index contributed by atoms with van der Waals surface area (Å²) in [7, 11) is 1.88. The molecule has 0 atom stereocenters. The lowest BCUT2D eigenvalue weighted by molar-refractivity contribution is 0.111. The topological polar surface area (TPSA) is 39.8 Å². The number of hydrogen-bond acceptors (Lipinski definition) is 2. The summed E-state index contributed by atoms with van der Waals surface area (Å²) < 4.78 is 3.55. The summed E-state index contributed by atoms with van der Waals surface area (Å²) in [6.07, 6.45) is 2.65. The molecule has 14 heavy (non-hydrogen) atoms. The first-order valence-corrected chi connectivity index (χ1v) is 4.36. The molecule has 0 bridgehead atoms. The van der Waals surface area contributed by atoms with Gasteiger partial charge in [-0.2, -0.15) is 5.10 Å². The molecule has 4 nitrogen and oxygen atoms in total. The van der Waals surface area contributed by atoms with Crippen molar-refractivity contribution in [1.82, 2.24) is 14.3 Å². The fourth-order valence-corrected chi connectivity index (χ4v) is 1.36. The number of hydrogen-bond donors (Lipinski definition) is 0. The zero-order chi connectivity index (χ0) is 10.1. The SMILES string of the molecule is Cc1cc(-n2cccc2C=O)nn1C. The number of carbonyl (C=O) groups is 1. The molecule has 0 aliphatic carbocycles. The molecule has 0 unspecified atom stereocenters. The first-order valence-electron chi connectivity index (χ1n) is 4.36. The average Bonchev–Trinajstić information content (AvgIpc) is 2.73. The zero-order valence-electron chi connectivity index (χ0n) is 8.14. The molecule has 0 aliphatic rings. The maximum Gasteiger partial charge on any atom is 0.166 e. The summed E-state index contributed by atoms with van der Waals surface area (Å²) in [5.41, 5.74) is 1.67. The third kappa shape index (κ3) is 1.25. The van der Waals surface area contributed by atoms with Crippen LogP contribution in [-0.4, -0.2) is 20.6 Å². The van der Waals surface area contributed by atoms with Gasteiger partial charge in [-0.1, -0.05) is 0 Å². The van der Waals surface area contributed by atoms with Crippen LogP contribution in [0.2, 0.25) is 0 Å². The Bertz CT molecular complexity index is 448. The van der Waals surface area contributed by atoms with E-state index in [0.717, 1.165) is 17.8 Å². The molecule has 0 aliphatic heterocycles. The van der Waals surface area contributed by atoms with Gasteiger partial charge in [0.15, 0.2) is 12.1 Å². The Morgan fingerprint density at radius 3 is 2.86 bits per heavy atom. The van der Waals surface area contributed by atoms with Crippen molar-refractivity contribution in [3.63, 3.8) is 0 Å². The standard InChI is InChI=1S/C10H11N3O/c1-8-6-10(11-12(8)2)13-5-3-4-9(13)7-14/h3-7H,1-2H3. The van der Waals surface area contributed by atoms with E-state index in [2.05, 4.69) is 5.10 Å². The lowest BCUT2D eigenvalue weighted by Crippen LogP contribution is -1.99. The van der Waals surface area contributed by atoms with Crippen molar-refractivity contribution in [3.05, 3.63) is 35.8 Å². The molecule has 0 saturated carbocycles. The Labute approximate surface area is 81.8 Å². The monoisotopic (exact) mass is 189 g/mol. The van der Waals surface area contributed by atoms with E-state index in [-0.39, 0.29) is 0 Å². The second-order valence-corrected chi connectivity index (χ2v) is 3.19. The van der Waals surface area contributed by atoms with Crippen molar-refractivity contribution in [3.8, 4) is 5.82 Å². The van der Waals surface area contributed by atoms with Gasteiger partial charge in [-0.25, -0.2) is 0 Å². The summed E-state index contributed by atoms with van der Waals surface area (Å²) in [6, 6.07) is 5.53.